The van der Waals surface area contributed by atoms with Crippen molar-refractivity contribution in [1.29, 1.82) is 0 Å². The summed E-state index contributed by atoms with van der Waals surface area (Å²) in [5.74, 6) is 1.44. The number of carbonyl (C=O) groups excluding carboxylic acids is 2. The van der Waals surface area contributed by atoms with E-state index in [9.17, 15) is 9.59 Å². The van der Waals surface area contributed by atoms with Crippen molar-refractivity contribution in [2.24, 2.45) is 0 Å². The Balaban J connectivity index is 1.83. The summed E-state index contributed by atoms with van der Waals surface area (Å²) in [6.07, 6.45) is 2.97. The van der Waals surface area contributed by atoms with E-state index in [1.54, 1.807) is 41.8 Å². The molecule has 1 fully saturated rings. The summed E-state index contributed by atoms with van der Waals surface area (Å²) in [6, 6.07) is 6.99. The van der Waals surface area contributed by atoms with Crippen LogP contribution in [0.1, 0.15) is 21.4 Å². The molecule has 5 nitrogen and oxygen atoms in total. The Bertz CT molecular complexity index is 746. The standard InChI is InChI=1S/C17H17N3O2S2/c1-2-15(21)19-13-5-3-4-12(10-13)17(22)20-7-9-23-11-14(20)16-18-6-8-24-16/h2-6,8,10,14H,1,7,9,11H2,(H,19,21). The maximum atomic E-state index is 13.0. The van der Waals surface area contributed by atoms with Gasteiger partial charge in [-0.05, 0) is 24.3 Å². The van der Waals surface area contributed by atoms with Crippen molar-refractivity contribution >= 4 is 40.6 Å². The van der Waals surface area contributed by atoms with Crippen LogP contribution in [0.5, 0.6) is 0 Å². The number of hydrogen-bond acceptors (Lipinski definition) is 5. The number of amides is 2. The summed E-state index contributed by atoms with van der Waals surface area (Å²) in [7, 11) is 0. The topological polar surface area (TPSA) is 62.3 Å². The molecule has 0 radical (unpaired) electrons. The fourth-order valence-corrected chi connectivity index (χ4v) is 4.45. The van der Waals surface area contributed by atoms with Gasteiger partial charge in [0.25, 0.3) is 5.91 Å². The van der Waals surface area contributed by atoms with Crippen molar-refractivity contribution < 1.29 is 9.59 Å². The highest BCUT2D eigenvalue weighted by atomic mass is 32.2. The number of aromatic nitrogens is 1. The number of nitrogens with one attached hydrogen (secondary N) is 1. The molecule has 0 saturated carbocycles. The molecule has 0 spiro atoms. The zero-order valence-electron chi connectivity index (χ0n) is 13.0. The van der Waals surface area contributed by atoms with Crippen molar-refractivity contribution in [3.63, 3.8) is 0 Å². The van der Waals surface area contributed by atoms with Gasteiger partial charge in [-0.2, -0.15) is 11.8 Å². The fourth-order valence-electron chi connectivity index (χ4n) is 2.54. The molecule has 2 heterocycles. The smallest absolute Gasteiger partial charge is 0.254 e. The van der Waals surface area contributed by atoms with E-state index >= 15 is 0 Å². The number of nitrogens with zero attached hydrogens (tertiary/aromatic N) is 2. The second kappa shape index (κ2) is 7.63. The maximum Gasteiger partial charge on any atom is 0.254 e. The molecular weight excluding hydrogens is 342 g/mol. The van der Waals surface area contributed by atoms with Gasteiger partial charge in [0.05, 0.1) is 6.04 Å². The molecule has 0 bridgehead atoms. The lowest BCUT2D eigenvalue weighted by molar-refractivity contribution is -0.111. The lowest BCUT2D eigenvalue weighted by atomic mass is 10.1. The summed E-state index contributed by atoms with van der Waals surface area (Å²) >= 11 is 3.41. The zero-order chi connectivity index (χ0) is 16.9. The van der Waals surface area contributed by atoms with E-state index in [0.29, 0.717) is 17.8 Å². The first kappa shape index (κ1) is 16.7. The number of thioether (sulfide) groups is 1. The average molecular weight is 359 g/mol. The molecule has 1 saturated heterocycles. The molecule has 3 rings (SSSR count). The largest absolute Gasteiger partial charge is 0.328 e. The molecule has 2 aromatic rings. The van der Waals surface area contributed by atoms with Gasteiger partial charge < -0.3 is 10.2 Å². The normalized spacial score (nSPS) is 17.3. The highest BCUT2D eigenvalue weighted by Gasteiger charge is 2.30. The molecule has 7 heteroatoms. The SMILES string of the molecule is C=CC(=O)Nc1cccc(C(=O)N2CCSCC2c2nccs2)c1. The van der Waals surface area contributed by atoms with Crippen LogP contribution in [-0.4, -0.2) is 39.7 Å². The number of rotatable bonds is 4. The molecule has 124 valence electrons. The predicted molar refractivity (Wildman–Crippen MR) is 98.5 cm³/mol. The molecule has 2 amide bonds. The van der Waals surface area contributed by atoms with Crippen LogP contribution in [0.2, 0.25) is 0 Å². The minimum atomic E-state index is -0.297. The van der Waals surface area contributed by atoms with Crippen molar-refractivity contribution in [1.82, 2.24) is 9.88 Å². The van der Waals surface area contributed by atoms with E-state index in [-0.39, 0.29) is 17.9 Å². The Morgan fingerprint density at radius 2 is 2.29 bits per heavy atom. The van der Waals surface area contributed by atoms with Gasteiger partial charge in [0.15, 0.2) is 0 Å². The van der Waals surface area contributed by atoms with E-state index in [2.05, 4.69) is 16.9 Å². The molecule has 1 aliphatic rings. The Labute approximate surface area is 148 Å². The number of hydrogen-bond donors (Lipinski definition) is 1. The van der Waals surface area contributed by atoms with Crippen LogP contribution < -0.4 is 5.32 Å². The summed E-state index contributed by atoms with van der Waals surface area (Å²) in [5, 5.41) is 5.58. The molecule has 24 heavy (non-hydrogen) atoms. The van der Waals surface area contributed by atoms with Crippen LogP contribution in [0.4, 0.5) is 5.69 Å². The molecule has 1 N–H and O–H groups in total. The minimum absolute atomic E-state index is 0.00247. The summed E-state index contributed by atoms with van der Waals surface area (Å²) in [6.45, 7) is 4.12. The Hall–Kier alpha value is -2.12. The second-order valence-electron chi connectivity index (χ2n) is 5.23. The molecule has 1 aliphatic heterocycles. The summed E-state index contributed by atoms with van der Waals surface area (Å²) in [4.78, 5) is 30.7. The number of anilines is 1. The number of thiazole rings is 1. The Morgan fingerprint density at radius 3 is 3.04 bits per heavy atom. The lowest BCUT2D eigenvalue weighted by Crippen LogP contribution is -2.40. The van der Waals surface area contributed by atoms with Gasteiger partial charge in [-0.3, -0.25) is 9.59 Å². The predicted octanol–water partition coefficient (Wildman–Crippen LogP) is 3.20. The van der Waals surface area contributed by atoms with Gasteiger partial charge in [-0.1, -0.05) is 12.6 Å². The highest BCUT2D eigenvalue weighted by Crippen LogP contribution is 2.32. The van der Waals surface area contributed by atoms with E-state index in [0.717, 1.165) is 16.5 Å². The Kier molecular flexibility index (Phi) is 5.32. The fraction of sp³-hybridized carbons (Fsp3) is 0.235. The van der Waals surface area contributed by atoms with Gasteiger partial charge >= 0.3 is 0 Å². The van der Waals surface area contributed by atoms with Crippen LogP contribution in [0, 0.1) is 0 Å². The minimum Gasteiger partial charge on any atom is -0.328 e. The first-order valence-corrected chi connectivity index (χ1v) is 9.54. The van der Waals surface area contributed by atoms with Gasteiger partial charge in [-0.25, -0.2) is 4.98 Å². The highest BCUT2D eigenvalue weighted by molar-refractivity contribution is 7.99. The van der Waals surface area contributed by atoms with Crippen LogP contribution in [0.3, 0.4) is 0 Å². The molecule has 1 atom stereocenters. The van der Waals surface area contributed by atoms with E-state index in [1.807, 2.05) is 22.0 Å². The number of benzene rings is 1. The average Bonchev–Trinajstić information content (AvgIpc) is 3.15. The summed E-state index contributed by atoms with van der Waals surface area (Å²) < 4.78 is 0. The summed E-state index contributed by atoms with van der Waals surface area (Å²) in [5.41, 5.74) is 1.15. The van der Waals surface area contributed by atoms with Crippen LogP contribution >= 0.6 is 23.1 Å². The van der Waals surface area contributed by atoms with Crippen LogP contribution in [0.15, 0.2) is 48.5 Å². The third kappa shape index (κ3) is 3.68. The van der Waals surface area contributed by atoms with E-state index in [1.165, 1.54) is 6.08 Å². The number of carbonyl (C=O) groups is 2. The zero-order valence-corrected chi connectivity index (χ0v) is 14.6. The van der Waals surface area contributed by atoms with Crippen LogP contribution in [-0.2, 0) is 4.79 Å². The third-order valence-corrected chi connectivity index (χ3v) is 5.59. The van der Waals surface area contributed by atoms with Crippen LogP contribution in [0.25, 0.3) is 0 Å². The van der Waals surface area contributed by atoms with Crippen molar-refractivity contribution in [3.8, 4) is 0 Å². The van der Waals surface area contributed by atoms with Gasteiger partial charge in [0.1, 0.15) is 5.01 Å². The first-order valence-electron chi connectivity index (χ1n) is 7.50. The van der Waals surface area contributed by atoms with Crippen molar-refractivity contribution in [2.75, 3.05) is 23.4 Å². The van der Waals surface area contributed by atoms with E-state index in [4.69, 9.17) is 0 Å². The first-order chi connectivity index (χ1) is 11.7. The quantitative estimate of drug-likeness (QED) is 0.852. The Morgan fingerprint density at radius 1 is 1.42 bits per heavy atom. The molecule has 1 aromatic carbocycles. The lowest BCUT2D eigenvalue weighted by Gasteiger charge is -2.34. The van der Waals surface area contributed by atoms with Crippen molar-refractivity contribution in [2.45, 2.75) is 6.04 Å². The third-order valence-electron chi connectivity index (χ3n) is 3.69. The maximum absolute atomic E-state index is 13.0. The van der Waals surface area contributed by atoms with Gasteiger partial charge in [0.2, 0.25) is 5.91 Å². The van der Waals surface area contributed by atoms with E-state index < -0.39 is 0 Å². The molecule has 0 aliphatic carbocycles. The van der Waals surface area contributed by atoms with Gasteiger partial charge in [0, 0.05) is 40.9 Å². The molecule has 1 unspecified atom stereocenters. The monoisotopic (exact) mass is 359 g/mol. The molecule has 1 aromatic heterocycles. The van der Waals surface area contributed by atoms with Crippen molar-refractivity contribution in [3.05, 3.63) is 59.1 Å². The molecular formula is C17H17N3O2S2. The second-order valence-corrected chi connectivity index (χ2v) is 7.31. The van der Waals surface area contributed by atoms with Gasteiger partial charge in [-0.15, -0.1) is 11.3 Å².